The standard InChI is InChI=1S/C7H14N/c1-7-3-6-8(7)4-2-5-8/h7H,2-6H2,1H3/q+1/t7-/m0/s1. The van der Waals surface area contributed by atoms with E-state index < -0.39 is 0 Å². The topological polar surface area (TPSA) is 0 Å². The first-order chi connectivity index (χ1) is 3.83. The van der Waals surface area contributed by atoms with Crippen LogP contribution in [0.5, 0.6) is 0 Å². The van der Waals surface area contributed by atoms with Crippen LogP contribution in [0.4, 0.5) is 0 Å². The summed E-state index contributed by atoms with van der Waals surface area (Å²) in [5, 5.41) is 0. The van der Waals surface area contributed by atoms with E-state index in [2.05, 4.69) is 6.92 Å². The molecule has 2 rings (SSSR count). The fourth-order valence-electron chi connectivity index (χ4n) is 1.98. The molecular weight excluding hydrogens is 98.1 g/mol. The molecule has 0 amide bonds. The molecule has 0 unspecified atom stereocenters. The Kier molecular flexibility index (Phi) is 0.762. The Hall–Kier alpha value is -0.0400. The summed E-state index contributed by atoms with van der Waals surface area (Å²) in [7, 11) is 0. The molecule has 1 spiro atoms. The maximum atomic E-state index is 2.39. The summed E-state index contributed by atoms with van der Waals surface area (Å²) in [5.41, 5.74) is 0. The van der Waals surface area contributed by atoms with Crippen molar-refractivity contribution < 1.29 is 4.48 Å². The van der Waals surface area contributed by atoms with Crippen molar-refractivity contribution >= 4 is 0 Å². The van der Waals surface area contributed by atoms with Crippen molar-refractivity contribution in [3.8, 4) is 0 Å². The van der Waals surface area contributed by atoms with E-state index in [1.807, 2.05) is 0 Å². The van der Waals surface area contributed by atoms with Crippen molar-refractivity contribution in [3.63, 3.8) is 0 Å². The van der Waals surface area contributed by atoms with Crippen LogP contribution >= 0.6 is 0 Å². The fraction of sp³-hybridized carbons (Fsp3) is 1.00. The highest BCUT2D eigenvalue weighted by atomic mass is 15.4. The third kappa shape index (κ3) is 0.368. The molecule has 0 aromatic rings. The first kappa shape index (κ1) is 4.80. The van der Waals surface area contributed by atoms with Gasteiger partial charge in [-0.3, -0.25) is 0 Å². The minimum absolute atomic E-state index is 1.02. The number of rotatable bonds is 0. The smallest absolute Gasteiger partial charge is 0.0916 e. The minimum atomic E-state index is 1.02. The van der Waals surface area contributed by atoms with Gasteiger partial charge in [0.1, 0.15) is 0 Å². The molecule has 2 aliphatic heterocycles. The Balaban J connectivity index is 2.03. The van der Waals surface area contributed by atoms with Crippen LogP contribution in [0.25, 0.3) is 0 Å². The lowest BCUT2D eigenvalue weighted by Crippen LogP contribution is -2.70. The van der Waals surface area contributed by atoms with Gasteiger partial charge in [0.2, 0.25) is 0 Å². The minimum Gasteiger partial charge on any atom is -0.321 e. The van der Waals surface area contributed by atoms with E-state index in [-0.39, 0.29) is 0 Å². The van der Waals surface area contributed by atoms with E-state index in [1.54, 1.807) is 0 Å². The average molecular weight is 112 g/mol. The summed E-state index contributed by atoms with van der Waals surface area (Å²) in [5.74, 6) is 0. The SMILES string of the molecule is C[C@H]1CC[N+]12CCC2. The van der Waals surface area contributed by atoms with Crippen molar-refractivity contribution in [1.29, 1.82) is 0 Å². The number of quaternary nitrogens is 1. The lowest BCUT2D eigenvalue weighted by atomic mass is 9.92. The van der Waals surface area contributed by atoms with E-state index in [4.69, 9.17) is 0 Å². The monoisotopic (exact) mass is 112 g/mol. The van der Waals surface area contributed by atoms with Gasteiger partial charge in [-0.1, -0.05) is 0 Å². The quantitative estimate of drug-likeness (QED) is 0.410. The molecule has 0 bridgehead atoms. The highest BCUT2D eigenvalue weighted by molar-refractivity contribution is 4.71. The average Bonchev–Trinajstić information content (AvgIpc) is 1.58. The second kappa shape index (κ2) is 1.27. The first-order valence-electron chi connectivity index (χ1n) is 3.69. The lowest BCUT2D eigenvalue weighted by Gasteiger charge is -2.57. The summed E-state index contributed by atoms with van der Waals surface area (Å²) < 4.78 is 1.49. The van der Waals surface area contributed by atoms with Crippen LogP contribution in [0, 0.1) is 0 Å². The molecule has 0 aliphatic carbocycles. The van der Waals surface area contributed by atoms with Gasteiger partial charge >= 0.3 is 0 Å². The van der Waals surface area contributed by atoms with E-state index in [9.17, 15) is 0 Å². The van der Waals surface area contributed by atoms with Crippen LogP contribution in [0.15, 0.2) is 0 Å². The van der Waals surface area contributed by atoms with Crippen LogP contribution in [0.2, 0.25) is 0 Å². The first-order valence-corrected chi connectivity index (χ1v) is 3.69. The summed E-state index contributed by atoms with van der Waals surface area (Å²) in [4.78, 5) is 0. The van der Waals surface area contributed by atoms with Gasteiger partial charge in [-0.25, -0.2) is 0 Å². The van der Waals surface area contributed by atoms with E-state index in [0.29, 0.717) is 0 Å². The van der Waals surface area contributed by atoms with Crippen molar-refractivity contribution in [2.75, 3.05) is 19.6 Å². The van der Waals surface area contributed by atoms with Crippen molar-refractivity contribution in [2.24, 2.45) is 0 Å². The Morgan fingerprint density at radius 3 is 2.00 bits per heavy atom. The molecule has 2 aliphatic rings. The molecule has 0 radical (unpaired) electrons. The van der Waals surface area contributed by atoms with Crippen molar-refractivity contribution in [3.05, 3.63) is 0 Å². The van der Waals surface area contributed by atoms with E-state index in [0.717, 1.165) is 6.04 Å². The van der Waals surface area contributed by atoms with Crippen LogP contribution in [-0.4, -0.2) is 30.2 Å². The number of nitrogens with zero attached hydrogens (tertiary/aromatic N) is 1. The molecule has 1 atom stereocenters. The third-order valence-corrected chi connectivity index (χ3v) is 3.13. The summed E-state index contributed by atoms with van der Waals surface area (Å²) in [6.45, 7) is 6.85. The van der Waals surface area contributed by atoms with E-state index >= 15 is 0 Å². The van der Waals surface area contributed by atoms with E-state index in [1.165, 1.54) is 37.0 Å². The third-order valence-electron chi connectivity index (χ3n) is 3.13. The highest BCUT2D eigenvalue weighted by Crippen LogP contribution is 2.34. The van der Waals surface area contributed by atoms with Crippen LogP contribution in [0.1, 0.15) is 19.8 Å². The predicted octanol–water partition coefficient (Wildman–Crippen LogP) is 0.999. The lowest BCUT2D eigenvalue weighted by molar-refractivity contribution is -1.02. The fourth-order valence-corrected chi connectivity index (χ4v) is 1.98. The summed E-state index contributed by atoms with van der Waals surface area (Å²) in [6.07, 6.45) is 2.98. The van der Waals surface area contributed by atoms with Gasteiger partial charge in [-0.15, -0.1) is 0 Å². The zero-order valence-electron chi connectivity index (χ0n) is 5.56. The molecule has 8 heavy (non-hydrogen) atoms. The van der Waals surface area contributed by atoms with Gasteiger partial charge in [0.15, 0.2) is 0 Å². The van der Waals surface area contributed by atoms with Gasteiger partial charge in [-0.2, -0.15) is 0 Å². The molecular formula is C7H14N+. The summed E-state index contributed by atoms with van der Waals surface area (Å²) >= 11 is 0. The summed E-state index contributed by atoms with van der Waals surface area (Å²) in [6, 6.07) is 1.02. The Bertz CT molecular complexity index is 99.4. The molecule has 2 fully saturated rings. The molecule has 1 nitrogen and oxygen atoms in total. The molecule has 0 aromatic carbocycles. The van der Waals surface area contributed by atoms with Gasteiger partial charge < -0.3 is 4.48 Å². The maximum absolute atomic E-state index is 2.39. The Labute approximate surface area is 50.9 Å². The van der Waals surface area contributed by atoms with Crippen LogP contribution in [0.3, 0.4) is 0 Å². The Morgan fingerprint density at radius 1 is 1.25 bits per heavy atom. The maximum Gasteiger partial charge on any atom is 0.0916 e. The van der Waals surface area contributed by atoms with Crippen molar-refractivity contribution in [1.82, 2.24) is 0 Å². The predicted molar refractivity (Wildman–Crippen MR) is 33.6 cm³/mol. The normalized spacial score (nSPS) is 40.9. The zero-order chi connectivity index (χ0) is 5.61. The molecule has 0 saturated carbocycles. The molecule has 2 heterocycles. The van der Waals surface area contributed by atoms with Crippen LogP contribution < -0.4 is 0 Å². The second-order valence-corrected chi connectivity index (χ2v) is 3.38. The molecule has 1 heteroatoms. The van der Waals surface area contributed by atoms with Gasteiger partial charge in [0.05, 0.1) is 25.7 Å². The zero-order valence-corrected chi connectivity index (χ0v) is 5.56. The molecule has 2 saturated heterocycles. The Morgan fingerprint density at radius 2 is 2.00 bits per heavy atom. The molecule has 0 aromatic heterocycles. The van der Waals surface area contributed by atoms with Gasteiger partial charge in [0, 0.05) is 12.8 Å². The number of hydrogen-bond donors (Lipinski definition) is 0. The van der Waals surface area contributed by atoms with Gasteiger partial charge in [0.25, 0.3) is 0 Å². The van der Waals surface area contributed by atoms with Gasteiger partial charge in [-0.05, 0) is 6.92 Å². The molecule has 46 valence electrons. The number of hydrogen-bond acceptors (Lipinski definition) is 0. The largest absolute Gasteiger partial charge is 0.321 e. The van der Waals surface area contributed by atoms with Crippen molar-refractivity contribution in [2.45, 2.75) is 25.8 Å². The second-order valence-electron chi connectivity index (χ2n) is 3.38. The highest BCUT2D eigenvalue weighted by Gasteiger charge is 2.47. The molecule has 0 N–H and O–H groups in total. The van der Waals surface area contributed by atoms with Crippen LogP contribution in [-0.2, 0) is 0 Å².